The predicted molar refractivity (Wildman–Crippen MR) is 111 cm³/mol. The van der Waals surface area contributed by atoms with Gasteiger partial charge in [-0.2, -0.15) is 0 Å². The van der Waals surface area contributed by atoms with Crippen molar-refractivity contribution in [3.8, 4) is 0 Å². The summed E-state index contributed by atoms with van der Waals surface area (Å²) in [6, 6.07) is 9.88. The van der Waals surface area contributed by atoms with Crippen LogP contribution in [0.15, 0.2) is 47.4 Å². The Bertz CT molecular complexity index is 1000. The molecular formula is C21H24ClFN2O3S. The fraction of sp³-hybridized carbons (Fsp3) is 0.381. The molecule has 1 aliphatic rings. The normalized spacial score (nSPS) is 16.2. The zero-order valence-corrected chi connectivity index (χ0v) is 17.9. The van der Waals surface area contributed by atoms with Gasteiger partial charge >= 0.3 is 0 Å². The zero-order chi connectivity index (χ0) is 21.2. The maximum absolute atomic E-state index is 13.4. The molecule has 0 radical (unpaired) electrons. The van der Waals surface area contributed by atoms with Crippen LogP contribution >= 0.6 is 11.6 Å². The third-order valence-corrected chi connectivity index (χ3v) is 7.08. The number of hydrogen-bond acceptors (Lipinski definition) is 3. The van der Waals surface area contributed by atoms with Crippen LogP contribution in [-0.2, 0) is 15.6 Å². The second-order valence-corrected chi connectivity index (χ2v) is 9.79. The fourth-order valence-electron chi connectivity index (χ4n) is 3.74. The van der Waals surface area contributed by atoms with E-state index < -0.39 is 21.5 Å². The lowest BCUT2D eigenvalue weighted by Gasteiger charge is -2.31. The van der Waals surface area contributed by atoms with Crippen molar-refractivity contribution in [3.05, 3.63) is 64.4 Å². The Morgan fingerprint density at radius 2 is 1.72 bits per heavy atom. The lowest BCUT2D eigenvalue weighted by molar-refractivity contribution is 0.0898. The van der Waals surface area contributed by atoms with Gasteiger partial charge in [-0.3, -0.25) is 4.79 Å². The highest BCUT2D eigenvalue weighted by Gasteiger charge is 2.37. The number of sulfonamides is 1. The van der Waals surface area contributed by atoms with E-state index in [1.807, 2.05) is 0 Å². The Balaban J connectivity index is 1.93. The number of amides is 1. The van der Waals surface area contributed by atoms with Crippen molar-refractivity contribution in [1.29, 1.82) is 0 Å². The molecule has 3 rings (SSSR count). The standard InChI is InChI=1S/C21H24ClFN2O3S/c1-14(2)25-29(27,28)17-9-10-19(22)18(13-17)20(26)24-21(11-3-4-12-21)15-5-7-16(23)8-6-15/h5-10,13-14,25H,3-4,11-12H2,1-2H3,(H,24,26). The summed E-state index contributed by atoms with van der Waals surface area (Å²) in [7, 11) is -3.76. The van der Waals surface area contributed by atoms with Crippen LogP contribution in [0.5, 0.6) is 0 Å². The first-order valence-corrected chi connectivity index (χ1v) is 11.4. The van der Waals surface area contributed by atoms with E-state index >= 15 is 0 Å². The van der Waals surface area contributed by atoms with E-state index in [1.165, 1.54) is 30.3 Å². The first-order valence-electron chi connectivity index (χ1n) is 9.53. The molecule has 5 nitrogen and oxygen atoms in total. The number of rotatable bonds is 6. The number of nitrogens with one attached hydrogen (secondary N) is 2. The maximum Gasteiger partial charge on any atom is 0.253 e. The summed E-state index contributed by atoms with van der Waals surface area (Å²) in [5.41, 5.74) is 0.289. The molecule has 2 aromatic rings. The van der Waals surface area contributed by atoms with Crippen LogP contribution < -0.4 is 10.0 Å². The summed E-state index contributed by atoms with van der Waals surface area (Å²) in [4.78, 5) is 13.1. The molecule has 29 heavy (non-hydrogen) atoms. The highest BCUT2D eigenvalue weighted by Crippen LogP contribution is 2.39. The van der Waals surface area contributed by atoms with Crippen LogP contribution in [-0.4, -0.2) is 20.4 Å². The van der Waals surface area contributed by atoms with Gasteiger partial charge in [0.05, 0.1) is 21.0 Å². The summed E-state index contributed by atoms with van der Waals surface area (Å²) < 4.78 is 40.8. The first-order chi connectivity index (χ1) is 13.6. The molecule has 0 unspecified atom stereocenters. The van der Waals surface area contributed by atoms with Gasteiger partial charge in [-0.15, -0.1) is 0 Å². The number of carbonyl (C=O) groups excluding carboxylic acids is 1. The molecule has 1 fully saturated rings. The van der Waals surface area contributed by atoms with Gasteiger partial charge < -0.3 is 5.32 Å². The van der Waals surface area contributed by atoms with Crippen molar-refractivity contribution in [2.45, 2.75) is 56.0 Å². The molecular weight excluding hydrogens is 415 g/mol. The number of benzene rings is 2. The fourth-order valence-corrected chi connectivity index (χ4v) is 5.22. The molecule has 0 spiro atoms. The average molecular weight is 439 g/mol. The summed E-state index contributed by atoms with van der Waals surface area (Å²) in [6.45, 7) is 3.43. The van der Waals surface area contributed by atoms with Crippen molar-refractivity contribution in [2.75, 3.05) is 0 Å². The van der Waals surface area contributed by atoms with Gasteiger partial charge in [0.25, 0.3) is 5.91 Å². The van der Waals surface area contributed by atoms with Crippen LogP contribution in [0.2, 0.25) is 5.02 Å². The summed E-state index contributed by atoms with van der Waals surface area (Å²) in [5.74, 6) is -0.797. The molecule has 0 atom stereocenters. The second-order valence-electron chi connectivity index (χ2n) is 7.67. The SMILES string of the molecule is CC(C)NS(=O)(=O)c1ccc(Cl)c(C(=O)NC2(c3ccc(F)cc3)CCCC2)c1. The van der Waals surface area contributed by atoms with Gasteiger partial charge in [-0.05, 0) is 62.6 Å². The Morgan fingerprint density at radius 1 is 1.10 bits per heavy atom. The first kappa shape index (κ1) is 21.7. The summed E-state index contributed by atoms with van der Waals surface area (Å²) in [5, 5.41) is 3.21. The Kier molecular flexibility index (Phi) is 6.31. The third-order valence-electron chi connectivity index (χ3n) is 5.09. The molecule has 156 valence electrons. The quantitative estimate of drug-likeness (QED) is 0.703. The monoisotopic (exact) mass is 438 g/mol. The van der Waals surface area contributed by atoms with Gasteiger partial charge in [0, 0.05) is 6.04 Å². The predicted octanol–water partition coefficient (Wildman–Crippen LogP) is 4.37. The van der Waals surface area contributed by atoms with Crippen molar-refractivity contribution in [2.24, 2.45) is 0 Å². The van der Waals surface area contributed by atoms with E-state index in [2.05, 4.69) is 10.0 Å². The zero-order valence-electron chi connectivity index (χ0n) is 16.3. The molecule has 0 aromatic heterocycles. The van der Waals surface area contributed by atoms with E-state index in [1.54, 1.807) is 26.0 Å². The number of hydrogen-bond donors (Lipinski definition) is 2. The molecule has 2 N–H and O–H groups in total. The topological polar surface area (TPSA) is 75.3 Å². The Labute approximate surface area is 175 Å². The Morgan fingerprint density at radius 3 is 2.31 bits per heavy atom. The number of carbonyl (C=O) groups is 1. The molecule has 1 aliphatic carbocycles. The van der Waals surface area contributed by atoms with Crippen LogP contribution in [0.1, 0.15) is 55.5 Å². The molecule has 0 aliphatic heterocycles. The van der Waals surface area contributed by atoms with Gasteiger partial charge in [0.2, 0.25) is 10.0 Å². The Hall–Kier alpha value is -1.96. The molecule has 0 bridgehead atoms. The maximum atomic E-state index is 13.4. The van der Waals surface area contributed by atoms with E-state index in [9.17, 15) is 17.6 Å². The van der Waals surface area contributed by atoms with Gasteiger partial charge in [-0.25, -0.2) is 17.5 Å². The smallest absolute Gasteiger partial charge is 0.253 e. The van der Waals surface area contributed by atoms with Crippen molar-refractivity contribution < 1.29 is 17.6 Å². The molecule has 1 amide bonds. The average Bonchev–Trinajstić information content (AvgIpc) is 3.10. The largest absolute Gasteiger partial charge is 0.342 e. The molecule has 1 saturated carbocycles. The van der Waals surface area contributed by atoms with Crippen LogP contribution in [0.4, 0.5) is 4.39 Å². The van der Waals surface area contributed by atoms with Crippen LogP contribution in [0.25, 0.3) is 0 Å². The van der Waals surface area contributed by atoms with E-state index in [0.29, 0.717) is 0 Å². The highest BCUT2D eigenvalue weighted by atomic mass is 35.5. The van der Waals surface area contributed by atoms with Gasteiger partial charge in [-0.1, -0.05) is 36.6 Å². The van der Waals surface area contributed by atoms with Crippen molar-refractivity contribution >= 4 is 27.5 Å². The molecule has 0 heterocycles. The van der Waals surface area contributed by atoms with Crippen LogP contribution in [0, 0.1) is 5.82 Å². The molecule has 2 aromatic carbocycles. The summed E-state index contributed by atoms with van der Waals surface area (Å²) >= 11 is 6.22. The van der Waals surface area contributed by atoms with E-state index in [-0.39, 0.29) is 27.3 Å². The molecule has 0 saturated heterocycles. The summed E-state index contributed by atoms with van der Waals surface area (Å²) in [6.07, 6.45) is 3.29. The van der Waals surface area contributed by atoms with E-state index in [4.69, 9.17) is 11.6 Å². The van der Waals surface area contributed by atoms with E-state index in [0.717, 1.165) is 31.2 Å². The minimum absolute atomic E-state index is 0.0250. The molecule has 8 heteroatoms. The van der Waals surface area contributed by atoms with Crippen molar-refractivity contribution in [1.82, 2.24) is 10.0 Å². The second kappa shape index (κ2) is 8.42. The minimum atomic E-state index is -3.76. The number of halogens is 2. The third kappa shape index (κ3) is 4.79. The highest BCUT2D eigenvalue weighted by molar-refractivity contribution is 7.89. The lowest BCUT2D eigenvalue weighted by atomic mass is 9.87. The lowest BCUT2D eigenvalue weighted by Crippen LogP contribution is -2.44. The van der Waals surface area contributed by atoms with Gasteiger partial charge in [0.1, 0.15) is 5.82 Å². The van der Waals surface area contributed by atoms with Gasteiger partial charge in [0.15, 0.2) is 0 Å². The van der Waals surface area contributed by atoms with Crippen LogP contribution in [0.3, 0.4) is 0 Å². The minimum Gasteiger partial charge on any atom is -0.342 e. The van der Waals surface area contributed by atoms with Crippen molar-refractivity contribution in [3.63, 3.8) is 0 Å².